The third-order valence-corrected chi connectivity index (χ3v) is 2.38. The maximum atomic E-state index is 9.46. The molecule has 3 nitrogen and oxygen atoms in total. The van der Waals surface area contributed by atoms with Crippen LogP contribution in [0.2, 0.25) is 5.02 Å². The molecule has 0 radical (unpaired) electrons. The molecule has 4 heteroatoms. The van der Waals surface area contributed by atoms with Gasteiger partial charge < -0.3 is 15.6 Å². The van der Waals surface area contributed by atoms with Crippen molar-refractivity contribution in [2.24, 2.45) is 5.73 Å². The molecular formula is C9H12ClNO2. The van der Waals surface area contributed by atoms with Gasteiger partial charge in [-0.1, -0.05) is 11.6 Å². The van der Waals surface area contributed by atoms with E-state index in [1.54, 1.807) is 0 Å². The topological polar surface area (TPSA) is 55.5 Å². The average Bonchev–Trinajstić information content (AvgIpc) is 2.10. The Balaban J connectivity index is 3.41. The molecule has 0 aliphatic rings. The number of hydrogen-bond donors (Lipinski definition) is 2. The summed E-state index contributed by atoms with van der Waals surface area (Å²) in [6, 6.07) is 1.45. The van der Waals surface area contributed by atoms with Crippen LogP contribution in [-0.2, 0) is 6.54 Å². The van der Waals surface area contributed by atoms with Crippen LogP contribution in [0.3, 0.4) is 0 Å². The standard InChI is InChI=1S/C9H12ClNO2/c1-5-6(4-11)9(13-2)8(12)3-7(5)10/h3,12H,4,11H2,1-2H3. The predicted molar refractivity (Wildman–Crippen MR) is 52.3 cm³/mol. The fraction of sp³-hybridized carbons (Fsp3) is 0.333. The summed E-state index contributed by atoms with van der Waals surface area (Å²) in [5.41, 5.74) is 7.10. The summed E-state index contributed by atoms with van der Waals surface area (Å²) >= 11 is 5.86. The van der Waals surface area contributed by atoms with Gasteiger partial charge in [0, 0.05) is 23.2 Å². The number of rotatable bonds is 2. The van der Waals surface area contributed by atoms with Gasteiger partial charge in [0.25, 0.3) is 0 Å². The molecule has 1 aromatic rings. The van der Waals surface area contributed by atoms with Crippen LogP contribution in [-0.4, -0.2) is 12.2 Å². The van der Waals surface area contributed by atoms with Gasteiger partial charge >= 0.3 is 0 Å². The summed E-state index contributed by atoms with van der Waals surface area (Å²) in [7, 11) is 1.49. The lowest BCUT2D eigenvalue weighted by molar-refractivity contribution is 0.369. The van der Waals surface area contributed by atoms with Crippen molar-refractivity contribution in [1.29, 1.82) is 0 Å². The molecule has 1 rings (SSSR count). The third kappa shape index (κ3) is 1.71. The normalized spacial score (nSPS) is 10.2. The summed E-state index contributed by atoms with van der Waals surface area (Å²) in [6.45, 7) is 2.13. The zero-order valence-corrected chi connectivity index (χ0v) is 8.35. The van der Waals surface area contributed by atoms with Gasteiger partial charge in [-0.05, 0) is 12.5 Å². The second-order valence-corrected chi connectivity index (χ2v) is 3.13. The van der Waals surface area contributed by atoms with Gasteiger partial charge in [-0.25, -0.2) is 0 Å². The number of nitrogens with two attached hydrogens (primary N) is 1. The number of benzene rings is 1. The van der Waals surface area contributed by atoms with Crippen molar-refractivity contribution >= 4 is 11.6 Å². The Kier molecular flexibility index (Phi) is 3.01. The van der Waals surface area contributed by atoms with E-state index in [1.165, 1.54) is 13.2 Å². The van der Waals surface area contributed by atoms with Gasteiger partial charge in [0.05, 0.1) is 7.11 Å². The molecule has 0 bridgehead atoms. The lowest BCUT2D eigenvalue weighted by Gasteiger charge is -2.12. The van der Waals surface area contributed by atoms with Crippen LogP contribution in [0.5, 0.6) is 11.5 Å². The van der Waals surface area contributed by atoms with Crippen molar-refractivity contribution in [1.82, 2.24) is 0 Å². The molecule has 0 unspecified atom stereocenters. The Labute approximate surface area is 82.1 Å². The van der Waals surface area contributed by atoms with E-state index in [4.69, 9.17) is 22.1 Å². The Hall–Kier alpha value is -0.930. The van der Waals surface area contributed by atoms with Crippen molar-refractivity contribution < 1.29 is 9.84 Å². The van der Waals surface area contributed by atoms with Crippen LogP contribution in [0.1, 0.15) is 11.1 Å². The monoisotopic (exact) mass is 201 g/mol. The first-order valence-electron chi connectivity index (χ1n) is 3.86. The minimum atomic E-state index is 0.0264. The molecule has 0 saturated heterocycles. The number of phenols is 1. The first kappa shape index (κ1) is 10.2. The zero-order chi connectivity index (χ0) is 10.0. The molecule has 0 amide bonds. The van der Waals surface area contributed by atoms with Crippen LogP contribution in [0, 0.1) is 6.92 Å². The van der Waals surface area contributed by atoms with Crippen LogP contribution in [0.25, 0.3) is 0 Å². The van der Waals surface area contributed by atoms with Gasteiger partial charge in [-0.3, -0.25) is 0 Å². The highest BCUT2D eigenvalue weighted by Crippen LogP contribution is 2.36. The molecular weight excluding hydrogens is 190 g/mol. The van der Waals surface area contributed by atoms with Gasteiger partial charge in [-0.2, -0.15) is 0 Å². The Morgan fingerprint density at radius 2 is 2.23 bits per heavy atom. The first-order valence-corrected chi connectivity index (χ1v) is 4.24. The molecule has 0 aliphatic carbocycles. The summed E-state index contributed by atoms with van der Waals surface area (Å²) in [5, 5.41) is 9.96. The Bertz CT molecular complexity index is 326. The third-order valence-electron chi connectivity index (χ3n) is 1.99. The second kappa shape index (κ2) is 3.85. The van der Waals surface area contributed by atoms with E-state index >= 15 is 0 Å². The number of methoxy groups -OCH3 is 1. The summed E-state index contributed by atoms with van der Waals surface area (Å²) in [5.74, 6) is 0.433. The highest BCUT2D eigenvalue weighted by Gasteiger charge is 2.13. The smallest absolute Gasteiger partial charge is 0.165 e. The van der Waals surface area contributed by atoms with Crippen LogP contribution >= 0.6 is 11.6 Å². The number of halogens is 1. The molecule has 0 heterocycles. The van der Waals surface area contributed by atoms with Gasteiger partial charge in [0.2, 0.25) is 0 Å². The fourth-order valence-electron chi connectivity index (χ4n) is 1.24. The molecule has 0 spiro atoms. The summed E-state index contributed by atoms with van der Waals surface area (Å²) in [6.07, 6.45) is 0. The number of aromatic hydroxyl groups is 1. The van der Waals surface area contributed by atoms with Gasteiger partial charge in [0.1, 0.15) is 0 Å². The van der Waals surface area contributed by atoms with Crippen molar-refractivity contribution in [2.75, 3.05) is 7.11 Å². The molecule has 0 atom stereocenters. The zero-order valence-electron chi connectivity index (χ0n) is 7.60. The van der Waals surface area contributed by atoms with Crippen molar-refractivity contribution in [3.63, 3.8) is 0 Å². The van der Waals surface area contributed by atoms with E-state index in [-0.39, 0.29) is 5.75 Å². The molecule has 0 saturated carbocycles. The molecule has 1 aromatic carbocycles. The van der Waals surface area contributed by atoms with E-state index in [1.807, 2.05) is 6.92 Å². The molecule has 0 aliphatic heterocycles. The number of ether oxygens (including phenoxy) is 1. The highest BCUT2D eigenvalue weighted by atomic mass is 35.5. The molecule has 13 heavy (non-hydrogen) atoms. The first-order chi connectivity index (χ1) is 6.11. The van der Waals surface area contributed by atoms with Crippen molar-refractivity contribution in [3.05, 3.63) is 22.2 Å². The van der Waals surface area contributed by atoms with Gasteiger partial charge in [0.15, 0.2) is 11.5 Å². The minimum Gasteiger partial charge on any atom is -0.504 e. The molecule has 0 fully saturated rings. The van der Waals surface area contributed by atoms with E-state index in [2.05, 4.69) is 0 Å². The summed E-state index contributed by atoms with van der Waals surface area (Å²) in [4.78, 5) is 0. The van der Waals surface area contributed by atoms with Crippen LogP contribution in [0.15, 0.2) is 6.07 Å². The number of hydrogen-bond acceptors (Lipinski definition) is 3. The molecule has 72 valence electrons. The van der Waals surface area contributed by atoms with Crippen molar-refractivity contribution in [2.45, 2.75) is 13.5 Å². The fourth-order valence-corrected chi connectivity index (χ4v) is 1.45. The van der Waals surface area contributed by atoms with Crippen LogP contribution < -0.4 is 10.5 Å². The Morgan fingerprint density at radius 3 is 2.69 bits per heavy atom. The maximum absolute atomic E-state index is 9.46. The average molecular weight is 202 g/mol. The van der Waals surface area contributed by atoms with Gasteiger partial charge in [-0.15, -0.1) is 0 Å². The van der Waals surface area contributed by atoms with E-state index in [0.29, 0.717) is 17.3 Å². The van der Waals surface area contributed by atoms with E-state index < -0.39 is 0 Å². The van der Waals surface area contributed by atoms with Crippen LogP contribution in [0.4, 0.5) is 0 Å². The second-order valence-electron chi connectivity index (χ2n) is 2.72. The maximum Gasteiger partial charge on any atom is 0.165 e. The number of phenolic OH excluding ortho intramolecular Hbond substituents is 1. The Morgan fingerprint density at radius 1 is 1.62 bits per heavy atom. The lowest BCUT2D eigenvalue weighted by atomic mass is 10.1. The summed E-state index contributed by atoms with van der Waals surface area (Å²) < 4.78 is 5.01. The van der Waals surface area contributed by atoms with Crippen molar-refractivity contribution in [3.8, 4) is 11.5 Å². The van der Waals surface area contributed by atoms with E-state index in [0.717, 1.165) is 11.1 Å². The minimum absolute atomic E-state index is 0.0264. The lowest BCUT2D eigenvalue weighted by Crippen LogP contribution is -2.03. The SMILES string of the molecule is COc1c(O)cc(Cl)c(C)c1CN. The highest BCUT2D eigenvalue weighted by molar-refractivity contribution is 6.31. The largest absolute Gasteiger partial charge is 0.504 e. The molecule has 3 N–H and O–H groups in total. The quantitative estimate of drug-likeness (QED) is 0.768. The van der Waals surface area contributed by atoms with E-state index in [9.17, 15) is 5.11 Å². The molecule has 0 aromatic heterocycles. The predicted octanol–water partition coefficient (Wildman–Crippen LogP) is 1.82.